The number of hydrogen-bond acceptors (Lipinski definition) is 2. The Morgan fingerprint density at radius 1 is 0.958 bits per heavy atom. The highest BCUT2D eigenvalue weighted by Crippen LogP contribution is 2.27. The second kappa shape index (κ2) is 7.20. The second-order valence-electron chi connectivity index (χ2n) is 6.50. The molecule has 1 aromatic heterocycles. The van der Waals surface area contributed by atoms with Crippen LogP contribution < -0.4 is 0 Å². The summed E-state index contributed by atoms with van der Waals surface area (Å²) < 4.78 is 5.42. The van der Waals surface area contributed by atoms with Crippen molar-refractivity contribution in [2.45, 2.75) is 12.8 Å². The molecule has 2 heterocycles. The van der Waals surface area contributed by atoms with Gasteiger partial charge in [-0.1, -0.05) is 36.4 Å². The molecule has 1 N–H and O–H groups in total. The quantitative estimate of drug-likeness (QED) is 0.766. The number of H-pyrrole nitrogens is 1. The van der Waals surface area contributed by atoms with Gasteiger partial charge in [-0.25, -0.2) is 0 Å². The largest absolute Gasteiger partial charge is 0.379 e. The molecular formula is C21H24N2O. The van der Waals surface area contributed by atoms with Crippen LogP contribution in [0, 0.1) is 0 Å². The van der Waals surface area contributed by atoms with Crippen LogP contribution >= 0.6 is 0 Å². The van der Waals surface area contributed by atoms with E-state index in [1.165, 1.54) is 34.0 Å². The number of aryl methyl sites for hydroxylation is 1. The Morgan fingerprint density at radius 3 is 2.62 bits per heavy atom. The van der Waals surface area contributed by atoms with Crippen molar-refractivity contribution >= 4 is 10.9 Å². The van der Waals surface area contributed by atoms with Crippen LogP contribution in [-0.2, 0) is 11.2 Å². The van der Waals surface area contributed by atoms with Crippen LogP contribution in [0.1, 0.15) is 12.0 Å². The molecule has 0 aliphatic carbocycles. The van der Waals surface area contributed by atoms with Crippen molar-refractivity contribution in [1.82, 2.24) is 9.88 Å². The van der Waals surface area contributed by atoms with Crippen molar-refractivity contribution in [3.63, 3.8) is 0 Å². The average Bonchev–Trinajstić information content (AvgIpc) is 3.06. The molecule has 0 radical (unpaired) electrons. The summed E-state index contributed by atoms with van der Waals surface area (Å²) >= 11 is 0. The molecule has 1 aliphatic heterocycles. The van der Waals surface area contributed by atoms with Crippen LogP contribution in [-0.4, -0.2) is 42.7 Å². The van der Waals surface area contributed by atoms with E-state index in [0.717, 1.165) is 39.3 Å². The van der Waals surface area contributed by atoms with Gasteiger partial charge < -0.3 is 9.72 Å². The fourth-order valence-corrected chi connectivity index (χ4v) is 3.51. The average molecular weight is 320 g/mol. The molecule has 0 saturated carbocycles. The van der Waals surface area contributed by atoms with E-state index in [2.05, 4.69) is 64.6 Å². The number of fused-ring (bicyclic) bond motifs is 1. The van der Waals surface area contributed by atoms with Crippen molar-refractivity contribution < 1.29 is 4.74 Å². The summed E-state index contributed by atoms with van der Waals surface area (Å²) in [5, 5.41) is 1.36. The number of aromatic amines is 1. The Balaban J connectivity index is 1.48. The maximum atomic E-state index is 5.42. The maximum Gasteiger partial charge on any atom is 0.0594 e. The van der Waals surface area contributed by atoms with Gasteiger partial charge in [-0.2, -0.15) is 0 Å². The van der Waals surface area contributed by atoms with Crippen LogP contribution in [0.25, 0.3) is 22.0 Å². The lowest BCUT2D eigenvalue weighted by molar-refractivity contribution is 0.0375. The highest BCUT2D eigenvalue weighted by molar-refractivity contribution is 5.88. The molecule has 3 nitrogen and oxygen atoms in total. The molecule has 1 fully saturated rings. The zero-order valence-corrected chi connectivity index (χ0v) is 14.0. The Labute approximate surface area is 143 Å². The third-order valence-corrected chi connectivity index (χ3v) is 4.90. The number of benzene rings is 2. The standard InChI is InChI=1S/C21H24N2O/c1-2-5-17(6-3-1)18-8-9-21-20(15-18)19(16-22-21)7-4-10-23-11-13-24-14-12-23/h1-3,5-6,8-9,15-16,22H,4,7,10-14H2. The number of nitrogens with zero attached hydrogens (tertiary/aromatic N) is 1. The van der Waals surface area contributed by atoms with E-state index in [-0.39, 0.29) is 0 Å². The third kappa shape index (κ3) is 3.37. The maximum absolute atomic E-state index is 5.42. The van der Waals surface area contributed by atoms with Gasteiger partial charge in [0.1, 0.15) is 0 Å². The molecule has 2 aromatic carbocycles. The molecule has 0 atom stereocenters. The summed E-state index contributed by atoms with van der Waals surface area (Å²) in [7, 11) is 0. The monoisotopic (exact) mass is 320 g/mol. The van der Waals surface area contributed by atoms with Crippen molar-refractivity contribution in [2.75, 3.05) is 32.8 Å². The van der Waals surface area contributed by atoms with Gasteiger partial charge in [0, 0.05) is 30.2 Å². The van der Waals surface area contributed by atoms with E-state index in [1.54, 1.807) is 0 Å². The van der Waals surface area contributed by atoms with E-state index in [4.69, 9.17) is 4.74 Å². The van der Waals surface area contributed by atoms with Crippen molar-refractivity contribution in [3.05, 3.63) is 60.3 Å². The Kier molecular flexibility index (Phi) is 4.63. The molecule has 0 spiro atoms. The van der Waals surface area contributed by atoms with Gasteiger partial charge in [0.25, 0.3) is 0 Å². The smallest absolute Gasteiger partial charge is 0.0594 e. The predicted molar refractivity (Wildman–Crippen MR) is 99.3 cm³/mol. The summed E-state index contributed by atoms with van der Waals surface area (Å²) in [5.74, 6) is 0. The SMILES string of the molecule is c1ccc(-c2ccc3[nH]cc(CCCN4CCOCC4)c3c2)cc1. The lowest BCUT2D eigenvalue weighted by Crippen LogP contribution is -2.36. The van der Waals surface area contributed by atoms with Crippen molar-refractivity contribution in [1.29, 1.82) is 0 Å². The normalized spacial score (nSPS) is 15.8. The van der Waals surface area contributed by atoms with E-state index in [1.807, 2.05) is 0 Å². The third-order valence-electron chi connectivity index (χ3n) is 4.90. The number of ether oxygens (including phenoxy) is 1. The van der Waals surface area contributed by atoms with Crippen LogP contribution in [0.5, 0.6) is 0 Å². The minimum absolute atomic E-state index is 0.882. The van der Waals surface area contributed by atoms with Gasteiger partial charge in [-0.3, -0.25) is 4.90 Å². The summed E-state index contributed by atoms with van der Waals surface area (Å²) in [6.07, 6.45) is 4.50. The Morgan fingerprint density at radius 2 is 1.79 bits per heavy atom. The van der Waals surface area contributed by atoms with Gasteiger partial charge in [0.05, 0.1) is 13.2 Å². The Hall–Kier alpha value is -2.10. The first-order valence-electron chi connectivity index (χ1n) is 8.86. The first kappa shape index (κ1) is 15.4. The van der Waals surface area contributed by atoms with Gasteiger partial charge >= 0.3 is 0 Å². The predicted octanol–water partition coefficient (Wildman–Crippen LogP) is 4.10. The number of nitrogens with one attached hydrogen (secondary N) is 1. The molecule has 124 valence electrons. The molecule has 4 rings (SSSR count). The van der Waals surface area contributed by atoms with E-state index < -0.39 is 0 Å². The van der Waals surface area contributed by atoms with E-state index in [0.29, 0.717) is 0 Å². The molecule has 0 unspecified atom stereocenters. The molecular weight excluding hydrogens is 296 g/mol. The summed E-state index contributed by atoms with van der Waals surface area (Å²) in [4.78, 5) is 5.93. The number of aromatic nitrogens is 1. The van der Waals surface area contributed by atoms with Gasteiger partial charge in [-0.05, 0) is 48.2 Å². The molecule has 1 saturated heterocycles. The molecule has 1 aliphatic rings. The number of rotatable bonds is 5. The lowest BCUT2D eigenvalue weighted by Gasteiger charge is -2.26. The number of hydrogen-bond donors (Lipinski definition) is 1. The van der Waals surface area contributed by atoms with Gasteiger partial charge in [-0.15, -0.1) is 0 Å². The summed E-state index contributed by atoms with van der Waals surface area (Å²) in [5.41, 5.74) is 5.23. The number of morpholine rings is 1. The Bertz CT molecular complexity index is 788. The second-order valence-corrected chi connectivity index (χ2v) is 6.50. The van der Waals surface area contributed by atoms with Gasteiger partial charge in [0.2, 0.25) is 0 Å². The summed E-state index contributed by atoms with van der Waals surface area (Å²) in [6.45, 7) is 5.08. The first-order chi connectivity index (χ1) is 11.9. The van der Waals surface area contributed by atoms with E-state index >= 15 is 0 Å². The fraction of sp³-hybridized carbons (Fsp3) is 0.333. The van der Waals surface area contributed by atoms with Crippen molar-refractivity contribution in [3.8, 4) is 11.1 Å². The van der Waals surface area contributed by atoms with Crippen LogP contribution in [0.3, 0.4) is 0 Å². The highest BCUT2D eigenvalue weighted by Gasteiger charge is 2.11. The fourth-order valence-electron chi connectivity index (χ4n) is 3.51. The molecule has 3 aromatic rings. The molecule has 3 heteroatoms. The van der Waals surface area contributed by atoms with E-state index in [9.17, 15) is 0 Å². The zero-order valence-electron chi connectivity index (χ0n) is 14.0. The zero-order chi connectivity index (χ0) is 16.2. The first-order valence-corrected chi connectivity index (χ1v) is 8.86. The highest BCUT2D eigenvalue weighted by atomic mass is 16.5. The molecule has 24 heavy (non-hydrogen) atoms. The minimum Gasteiger partial charge on any atom is -0.379 e. The van der Waals surface area contributed by atoms with Crippen molar-refractivity contribution in [2.24, 2.45) is 0 Å². The molecule has 0 bridgehead atoms. The van der Waals surface area contributed by atoms with Crippen LogP contribution in [0.4, 0.5) is 0 Å². The van der Waals surface area contributed by atoms with Gasteiger partial charge in [0.15, 0.2) is 0 Å². The minimum atomic E-state index is 0.882. The summed E-state index contributed by atoms with van der Waals surface area (Å²) in [6, 6.07) is 17.3. The van der Waals surface area contributed by atoms with Crippen LogP contribution in [0.2, 0.25) is 0 Å². The van der Waals surface area contributed by atoms with Crippen LogP contribution in [0.15, 0.2) is 54.7 Å². The lowest BCUT2D eigenvalue weighted by atomic mass is 10.0. The molecule has 0 amide bonds. The topological polar surface area (TPSA) is 28.3 Å².